The van der Waals surface area contributed by atoms with Gasteiger partial charge in [0.1, 0.15) is 6.61 Å². The van der Waals surface area contributed by atoms with Crippen LogP contribution in [0.4, 0.5) is 0 Å². The van der Waals surface area contributed by atoms with E-state index in [1.54, 1.807) is 24.5 Å². The lowest BCUT2D eigenvalue weighted by atomic mass is 9.89. The van der Waals surface area contributed by atoms with Crippen molar-refractivity contribution >= 4 is 11.9 Å². The Balaban J connectivity index is 1.64. The molecule has 0 aliphatic heterocycles. The smallest absolute Gasteiger partial charge is 0.308 e. The first kappa shape index (κ1) is 14.5. The van der Waals surface area contributed by atoms with Gasteiger partial charge in [-0.15, -0.1) is 0 Å². The van der Waals surface area contributed by atoms with E-state index in [9.17, 15) is 9.59 Å². The van der Waals surface area contributed by atoms with Gasteiger partial charge in [0.05, 0.1) is 12.5 Å². The Hall–Kier alpha value is -1.91. The largest absolute Gasteiger partial charge is 0.464 e. The van der Waals surface area contributed by atoms with Gasteiger partial charge >= 0.3 is 5.97 Å². The average molecular weight is 276 g/mol. The van der Waals surface area contributed by atoms with Crippen LogP contribution in [0.25, 0.3) is 0 Å². The number of pyridine rings is 1. The van der Waals surface area contributed by atoms with E-state index in [1.165, 1.54) is 6.42 Å². The van der Waals surface area contributed by atoms with Gasteiger partial charge in [-0.05, 0) is 25.0 Å². The van der Waals surface area contributed by atoms with Crippen LogP contribution in [0.15, 0.2) is 24.5 Å². The molecule has 0 unspecified atom stereocenters. The minimum Gasteiger partial charge on any atom is -0.464 e. The summed E-state index contributed by atoms with van der Waals surface area (Å²) in [6.07, 6.45) is 8.43. The van der Waals surface area contributed by atoms with Crippen LogP contribution >= 0.6 is 0 Å². The number of carbonyl (C=O) groups is 2. The van der Waals surface area contributed by atoms with Crippen molar-refractivity contribution < 1.29 is 14.3 Å². The van der Waals surface area contributed by atoms with E-state index in [-0.39, 0.29) is 24.4 Å². The molecular formula is C15H20N2O3. The summed E-state index contributed by atoms with van der Waals surface area (Å²) in [5, 5.41) is 2.71. The molecule has 1 aliphatic carbocycles. The lowest BCUT2D eigenvalue weighted by Crippen LogP contribution is -2.29. The first-order valence-electron chi connectivity index (χ1n) is 7.12. The third kappa shape index (κ3) is 4.33. The van der Waals surface area contributed by atoms with E-state index >= 15 is 0 Å². The molecule has 0 atom stereocenters. The van der Waals surface area contributed by atoms with Crippen LogP contribution in [0, 0.1) is 5.92 Å². The highest BCUT2D eigenvalue weighted by atomic mass is 16.5. The minimum atomic E-state index is -0.180. The Bertz CT molecular complexity index is 442. The zero-order valence-corrected chi connectivity index (χ0v) is 11.5. The zero-order valence-electron chi connectivity index (χ0n) is 11.5. The van der Waals surface area contributed by atoms with Crippen LogP contribution in [-0.2, 0) is 9.53 Å². The van der Waals surface area contributed by atoms with E-state index in [0.29, 0.717) is 12.1 Å². The number of hydrogen-bond donors (Lipinski definition) is 1. The molecule has 2 rings (SSSR count). The first-order valence-corrected chi connectivity index (χ1v) is 7.12. The maximum atomic E-state index is 11.8. The van der Waals surface area contributed by atoms with Gasteiger partial charge in [0.15, 0.2) is 0 Å². The SMILES string of the molecule is O=C(NCCOC(=O)C1CCCCC1)c1ccncc1. The molecule has 1 aromatic rings. The number of rotatable bonds is 5. The summed E-state index contributed by atoms with van der Waals surface area (Å²) in [5.74, 6) is -0.247. The van der Waals surface area contributed by atoms with Gasteiger partial charge in [-0.2, -0.15) is 0 Å². The highest BCUT2D eigenvalue weighted by Gasteiger charge is 2.22. The number of aromatic nitrogens is 1. The number of hydrogen-bond acceptors (Lipinski definition) is 4. The van der Waals surface area contributed by atoms with Crippen molar-refractivity contribution in [3.05, 3.63) is 30.1 Å². The molecule has 1 N–H and O–H groups in total. The Morgan fingerprint density at radius 3 is 2.60 bits per heavy atom. The second-order valence-corrected chi connectivity index (χ2v) is 4.99. The summed E-state index contributed by atoms with van der Waals surface area (Å²) in [4.78, 5) is 27.3. The second-order valence-electron chi connectivity index (χ2n) is 4.99. The van der Waals surface area contributed by atoms with Crippen LogP contribution in [0.5, 0.6) is 0 Å². The van der Waals surface area contributed by atoms with Crippen LogP contribution in [-0.4, -0.2) is 30.0 Å². The summed E-state index contributed by atoms with van der Waals surface area (Å²) in [7, 11) is 0. The fourth-order valence-electron chi connectivity index (χ4n) is 2.38. The fraction of sp³-hybridized carbons (Fsp3) is 0.533. The van der Waals surface area contributed by atoms with Crippen molar-refractivity contribution in [3.63, 3.8) is 0 Å². The summed E-state index contributed by atoms with van der Waals surface area (Å²) in [6, 6.07) is 3.28. The minimum absolute atomic E-state index is 0.0552. The normalized spacial score (nSPS) is 15.6. The molecule has 20 heavy (non-hydrogen) atoms. The second kappa shape index (κ2) is 7.62. The first-order chi connectivity index (χ1) is 9.77. The molecule has 0 aromatic carbocycles. The van der Waals surface area contributed by atoms with Gasteiger partial charge in [0.2, 0.25) is 0 Å². The van der Waals surface area contributed by atoms with Crippen molar-refractivity contribution in [2.75, 3.05) is 13.2 Å². The Morgan fingerprint density at radius 1 is 1.20 bits per heavy atom. The van der Waals surface area contributed by atoms with Crippen molar-refractivity contribution in [1.29, 1.82) is 0 Å². The molecule has 1 aliphatic rings. The lowest BCUT2D eigenvalue weighted by molar-refractivity contribution is -0.149. The van der Waals surface area contributed by atoms with Crippen LogP contribution < -0.4 is 5.32 Å². The molecule has 0 bridgehead atoms. The number of nitrogens with one attached hydrogen (secondary N) is 1. The van der Waals surface area contributed by atoms with E-state index in [1.807, 2.05) is 0 Å². The molecule has 1 saturated carbocycles. The van der Waals surface area contributed by atoms with Crippen LogP contribution in [0.1, 0.15) is 42.5 Å². The quantitative estimate of drug-likeness (QED) is 0.659. The molecule has 0 saturated heterocycles. The van der Waals surface area contributed by atoms with Crippen molar-refractivity contribution in [2.24, 2.45) is 5.92 Å². The molecule has 0 spiro atoms. The highest BCUT2D eigenvalue weighted by Crippen LogP contribution is 2.24. The predicted octanol–water partition coefficient (Wildman–Crippen LogP) is 1.93. The zero-order chi connectivity index (χ0) is 14.2. The molecule has 108 valence electrons. The third-order valence-corrected chi connectivity index (χ3v) is 3.51. The lowest BCUT2D eigenvalue weighted by Gasteiger charge is -2.19. The molecule has 0 radical (unpaired) electrons. The van der Waals surface area contributed by atoms with Crippen LogP contribution in [0.2, 0.25) is 0 Å². The van der Waals surface area contributed by atoms with Gasteiger partial charge < -0.3 is 10.1 Å². The highest BCUT2D eigenvalue weighted by molar-refractivity contribution is 5.93. The van der Waals surface area contributed by atoms with Gasteiger partial charge in [-0.1, -0.05) is 19.3 Å². The van der Waals surface area contributed by atoms with E-state index in [4.69, 9.17) is 4.74 Å². The molecule has 1 aromatic heterocycles. The van der Waals surface area contributed by atoms with Gasteiger partial charge in [-0.3, -0.25) is 14.6 Å². The summed E-state index contributed by atoms with van der Waals surface area (Å²) in [6.45, 7) is 0.561. The summed E-state index contributed by atoms with van der Waals surface area (Å²) < 4.78 is 5.20. The summed E-state index contributed by atoms with van der Waals surface area (Å²) >= 11 is 0. The Kier molecular flexibility index (Phi) is 5.53. The van der Waals surface area contributed by atoms with E-state index in [2.05, 4.69) is 10.3 Å². The number of amides is 1. The van der Waals surface area contributed by atoms with Crippen LogP contribution in [0.3, 0.4) is 0 Å². The third-order valence-electron chi connectivity index (χ3n) is 3.51. The average Bonchev–Trinajstić information content (AvgIpc) is 2.53. The molecule has 5 heteroatoms. The number of nitrogens with zero attached hydrogens (tertiary/aromatic N) is 1. The van der Waals surface area contributed by atoms with Crippen molar-refractivity contribution in [1.82, 2.24) is 10.3 Å². The molecular weight excluding hydrogens is 256 g/mol. The van der Waals surface area contributed by atoms with E-state index in [0.717, 1.165) is 25.7 Å². The fourth-order valence-corrected chi connectivity index (χ4v) is 2.38. The predicted molar refractivity (Wildman–Crippen MR) is 74.1 cm³/mol. The number of carbonyl (C=O) groups excluding carboxylic acids is 2. The maximum absolute atomic E-state index is 11.8. The standard InChI is InChI=1S/C15H20N2O3/c18-14(12-6-8-16-9-7-12)17-10-11-20-15(19)13-4-2-1-3-5-13/h6-9,13H,1-5,10-11H2,(H,17,18). The number of ether oxygens (including phenoxy) is 1. The van der Waals surface area contributed by atoms with Gasteiger partial charge in [0, 0.05) is 18.0 Å². The van der Waals surface area contributed by atoms with Gasteiger partial charge in [0.25, 0.3) is 5.91 Å². The topological polar surface area (TPSA) is 68.3 Å². The Labute approximate surface area is 118 Å². The molecule has 5 nitrogen and oxygen atoms in total. The molecule has 1 heterocycles. The maximum Gasteiger partial charge on any atom is 0.308 e. The number of esters is 1. The monoisotopic (exact) mass is 276 g/mol. The Morgan fingerprint density at radius 2 is 1.90 bits per heavy atom. The van der Waals surface area contributed by atoms with Crippen molar-refractivity contribution in [3.8, 4) is 0 Å². The van der Waals surface area contributed by atoms with Gasteiger partial charge in [-0.25, -0.2) is 0 Å². The van der Waals surface area contributed by atoms with Crippen molar-refractivity contribution in [2.45, 2.75) is 32.1 Å². The van der Waals surface area contributed by atoms with E-state index < -0.39 is 0 Å². The summed E-state index contributed by atoms with van der Waals surface area (Å²) in [5.41, 5.74) is 0.554. The molecule has 1 amide bonds. The molecule has 1 fully saturated rings.